The summed E-state index contributed by atoms with van der Waals surface area (Å²) in [7, 11) is 0. The first-order chi connectivity index (χ1) is 19.4. The number of anilines is 1. The zero-order valence-electron chi connectivity index (χ0n) is 21.8. The summed E-state index contributed by atoms with van der Waals surface area (Å²) < 4.78 is 5.65. The summed E-state index contributed by atoms with van der Waals surface area (Å²) in [4.78, 5) is 27.9. The lowest BCUT2D eigenvalue weighted by molar-refractivity contribution is -0.140. The van der Waals surface area contributed by atoms with Crippen LogP contribution in [0.1, 0.15) is 37.0 Å². The normalized spacial score (nSPS) is 14.4. The van der Waals surface area contributed by atoms with Crippen LogP contribution in [0, 0.1) is 0 Å². The Morgan fingerprint density at radius 1 is 0.875 bits per heavy atom. The van der Waals surface area contributed by atoms with Gasteiger partial charge in [-0.05, 0) is 54.2 Å². The number of nitrogens with one attached hydrogen (secondary N) is 2. The van der Waals surface area contributed by atoms with Crippen LogP contribution < -0.4 is 5.32 Å². The minimum absolute atomic E-state index is 0.530. The van der Waals surface area contributed by atoms with E-state index in [4.69, 9.17) is 16.3 Å². The molecule has 200 valence electrons. The fourth-order valence-corrected chi connectivity index (χ4v) is 5.55. The molecular weight excluding hydrogens is 524 g/mol. The summed E-state index contributed by atoms with van der Waals surface area (Å²) in [6.45, 7) is 1.78. The Morgan fingerprint density at radius 2 is 1.48 bits per heavy atom. The molecule has 1 heterocycles. The van der Waals surface area contributed by atoms with Crippen LogP contribution in [-0.2, 0) is 14.9 Å². The van der Waals surface area contributed by atoms with Crippen LogP contribution in [0.2, 0.25) is 5.02 Å². The van der Waals surface area contributed by atoms with Crippen LogP contribution in [0.3, 0.4) is 0 Å². The van der Waals surface area contributed by atoms with Crippen molar-refractivity contribution in [3.63, 3.8) is 0 Å². The predicted molar refractivity (Wildman–Crippen MR) is 158 cm³/mol. The first kappa shape index (κ1) is 25.7. The van der Waals surface area contributed by atoms with E-state index in [1.54, 1.807) is 13.0 Å². The topological polar surface area (TPSA) is 91.4 Å². The fraction of sp³-hybridized carbons (Fsp3) is 0.152. The van der Waals surface area contributed by atoms with Crippen molar-refractivity contribution in [2.24, 2.45) is 0 Å². The molecule has 5 aromatic rings. The van der Waals surface area contributed by atoms with Gasteiger partial charge in [0.2, 0.25) is 0 Å². The number of benzene rings is 4. The molecule has 6 rings (SSSR count). The second kappa shape index (κ2) is 10.2. The highest BCUT2D eigenvalue weighted by Gasteiger charge is 2.51. The maximum atomic E-state index is 12.9. The van der Waals surface area contributed by atoms with E-state index in [1.165, 1.54) is 0 Å². The molecule has 1 amide bonds. The lowest BCUT2D eigenvalue weighted by Gasteiger charge is -2.16. The zero-order chi connectivity index (χ0) is 27.9. The number of aliphatic carboxylic acids is 1. The molecule has 0 spiro atoms. The first-order valence-electron chi connectivity index (χ1n) is 13.1. The number of aromatic amines is 1. The van der Waals surface area contributed by atoms with E-state index in [0.717, 1.165) is 44.3 Å². The maximum absolute atomic E-state index is 12.9. The van der Waals surface area contributed by atoms with Gasteiger partial charge in [-0.2, -0.15) is 0 Å². The van der Waals surface area contributed by atoms with Gasteiger partial charge in [-0.1, -0.05) is 96.5 Å². The lowest BCUT2D eigenvalue weighted by Crippen LogP contribution is -2.19. The molecule has 7 heteroatoms. The van der Waals surface area contributed by atoms with Crippen LogP contribution in [0.5, 0.6) is 0 Å². The fourth-order valence-electron chi connectivity index (χ4n) is 5.26. The smallest absolute Gasteiger partial charge is 0.413 e. The van der Waals surface area contributed by atoms with E-state index >= 15 is 0 Å². The van der Waals surface area contributed by atoms with E-state index in [-0.39, 0.29) is 0 Å². The van der Waals surface area contributed by atoms with Crippen molar-refractivity contribution < 1.29 is 19.4 Å². The molecule has 40 heavy (non-hydrogen) atoms. The van der Waals surface area contributed by atoms with Gasteiger partial charge in [0.05, 0.1) is 5.41 Å². The molecule has 0 saturated heterocycles. The Kier molecular flexibility index (Phi) is 6.56. The minimum Gasteiger partial charge on any atom is -0.481 e. The molecule has 0 bridgehead atoms. The lowest BCUT2D eigenvalue weighted by atomic mass is 9.93. The summed E-state index contributed by atoms with van der Waals surface area (Å²) in [6.07, 6.45) is 0.248. The average molecular weight is 551 g/mol. The van der Waals surface area contributed by atoms with Gasteiger partial charge in [0.25, 0.3) is 0 Å². The number of carbonyl (C=O) groups excluding carboxylic acids is 1. The van der Waals surface area contributed by atoms with Crippen LogP contribution in [-0.4, -0.2) is 22.2 Å². The van der Waals surface area contributed by atoms with E-state index in [0.29, 0.717) is 23.7 Å². The van der Waals surface area contributed by atoms with Crippen LogP contribution in [0.25, 0.3) is 33.2 Å². The number of ether oxygens (including phenoxy) is 1. The third-order valence-corrected chi connectivity index (χ3v) is 8.01. The van der Waals surface area contributed by atoms with Crippen molar-refractivity contribution in [2.75, 3.05) is 5.32 Å². The Balaban J connectivity index is 1.26. The predicted octanol–water partition coefficient (Wildman–Crippen LogP) is 8.58. The van der Waals surface area contributed by atoms with Gasteiger partial charge >= 0.3 is 12.1 Å². The summed E-state index contributed by atoms with van der Waals surface area (Å²) in [5, 5.41) is 14.0. The van der Waals surface area contributed by atoms with Crippen molar-refractivity contribution in [2.45, 2.75) is 31.3 Å². The molecule has 1 saturated carbocycles. The second-order valence-electron chi connectivity index (χ2n) is 10.2. The van der Waals surface area contributed by atoms with Crippen LogP contribution >= 0.6 is 11.6 Å². The summed E-state index contributed by atoms with van der Waals surface area (Å²) in [5.41, 5.74) is 5.56. The second-order valence-corrected chi connectivity index (χ2v) is 10.6. The quantitative estimate of drug-likeness (QED) is 0.189. The molecule has 1 unspecified atom stereocenters. The maximum Gasteiger partial charge on any atom is 0.413 e. The standard InChI is InChI=1S/C33H27ClN2O4/c1-20(25-6-2-4-8-27(25)34)40-32(39)36-30-29(26-7-3-5-9-28(26)35-30)23-12-10-21(11-13-23)22-14-16-24(17-15-22)33(18-19-33)31(37)38/h2-17,20,35H,18-19H2,1H3,(H,36,39)(H,37,38). The molecule has 6 nitrogen and oxygen atoms in total. The number of hydrogen-bond acceptors (Lipinski definition) is 3. The van der Waals surface area contributed by atoms with Gasteiger partial charge < -0.3 is 14.8 Å². The van der Waals surface area contributed by atoms with Gasteiger partial charge in [0, 0.05) is 27.1 Å². The summed E-state index contributed by atoms with van der Waals surface area (Å²) >= 11 is 6.28. The summed E-state index contributed by atoms with van der Waals surface area (Å²) in [5.74, 6) is -0.215. The molecule has 4 aromatic carbocycles. The highest BCUT2D eigenvalue weighted by molar-refractivity contribution is 6.31. The molecule has 1 aliphatic rings. The van der Waals surface area contributed by atoms with Gasteiger partial charge in [0.1, 0.15) is 11.9 Å². The summed E-state index contributed by atoms with van der Waals surface area (Å²) in [6, 6.07) is 31.0. The van der Waals surface area contributed by atoms with E-state index in [1.807, 2.05) is 91.0 Å². The number of aromatic nitrogens is 1. The average Bonchev–Trinajstić information content (AvgIpc) is 3.70. The minimum atomic E-state index is -0.755. The van der Waals surface area contributed by atoms with Crippen LogP contribution in [0.4, 0.5) is 10.6 Å². The number of carbonyl (C=O) groups is 2. The van der Waals surface area contributed by atoms with Crippen molar-refractivity contribution in [3.05, 3.63) is 113 Å². The molecule has 0 radical (unpaired) electrons. The Morgan fingerprint density at radius 3 is 2.12 bits per heavy atom. The monoisotopic (exact) mass is 550 g/mol. The molecule has 1 atom stereocenters. The number of H-pyrrole nitrogens is 1. The van der Waals surface area contributed by atoms with Crippen molar-refractivity contribution in [3.8, 4) is 22.3 Å². The van der Waals surface area contributed by atoms with Gasteiger partial charge in [-0.25, -0.2) is 4.79 Å². The zero-order valence-corrected chi connectivity index (χ0v) is 22.5. The first-order valence-corrected chi connectivity index (χ1v) is 13.5. The molecule has 1 aromatic heterocycles. The van der Waals surface area contributed by atoms with Crippen molar-refractivity contribution >= 4 is 40.4 Å². The number of halogens is 1. The SMILES string of the molecule is CC(OC(=O)Nc1[nH]c2ccccc2c1-c1ccc(-c2ccc(C3(C(=O)O)CC3)cc2)cc1)c1ccccc1Cl. The van der Waals surface area contributed by atoms with E-state index in [2.05, 4.69) is 10.3 Å². The van der Waals surface area contributed by atoms with E-state index in [9.17, 15) is 14.7 Å². The molecule has 0 aliphatic heterocycles. The molecule has 1 fully saturated rings. The Labute approximate surface area is 236 Å². The number of fused-ring (bicyclic) bond motifs is 1. The third-order valence-electron chi connectivity index (χ3n) is 7.66. The number of hydrogen-bond donors (Lipinski definition) is 3. The number of amides is 1. The van der Waals surface area contributed by atoms with Gasteiger partial charge in [0.15, 0.2) is 0 Å². The van der Waals surface area contributed by atoms with Gasteiger partial charge in [-0.3, -0.25) is 10.1 Å². The Hall–Kier alpha value is -4.55. The number of para-hydroxylation sites is 1. The number of carboxylic acids is 1. The highest BCUT2D eigenvalue weighted by atomic mass is 35.5. The molecule has 1 aliphatic carbocycles. The third kappa shape index (κ3) is 4.71. The van der Waals surface area contributed by atoms with Crippen LogP contribution in [0.15, 0.2) is 97.1 Å². The van der Waals surface area contributed by atoms with Gasteiger partial charge in [-0.15, -0.1) is 0 Å². The van der Waals surface area contributed by atoms with E-state index < -0.39 is 23.6 Å². The highest BCUT2D eigenvalue weighted by Crippen LogP contribution is 2.48. The Bertz CT molecular complexity index is 1720. The number of carboxylic acid groups (broad SMARTS) is 1. The largest absolute Gasteiger partial charge is 0.481 e. The molecule has 3 N–H and O–H groups in total. The van der Waals surface area contributed by atoms with Crippen molar-refractivity contribution in [1.29, 1.82) is 0 Å². The van der Waals surface area contributed by atoms with Crippen molar-refractivity contribution in [1.82, 2.24) is 4.98 Å². The number of rotatable bonds is 7. The molecular formula is C33H27ClN2O4.